The van der Waals surface area contributed by atoms with Gasteiger partial charge in [-0.2, -0.15) is 14.0 Å². The van der Waals surface area contributed by atoms with Crippen molar-refractivity contribution < 1.29 is 22.4 Å². The molecule has 1 N–H and O–H groups in total. The van der Waals surface area contributed by atoms with Crippen LogP contribution in [0.3, 0.4) is 0 Å². The number of nitrogens with one attached hydrogen (secondary N) is 1. The number of halogens is 6. The van der Waals surface area contributed by atoms with Crippen LogP contribution in [0, 0.1) is 35.9 Å². The predicted molar refractivity (Wildman–Crippen MR) is 209 cm³/mol. The fourth-order valence-corrected chi connectivity index (χ4v) is 10.6. The summed E-state index contributed by atoms with van der Waals surface area (Å²) in [6.45, 7) is 4.12. The number of hydrogen-bond acceptors (Lipinski definition) is 7. The van der Waals surface area contributed by atoms with E-state index in [9.17, 15) is 18.8 Å². The summed E-state index contributed by atoms with van der Waals surface area (Å²) in [5.74, 6) is -3.90. The maximum Gasteiger partial charge on any atom is 0.287 e. The monoisotopic (exact) mass is 816 g/mol. The molecule has 0 radical (unpaired) electrons. The number of anilines is 1. The van der Waals surface area contributed by atoms with Gasteiger partial charge in [-0.15, -0.1) is 0 Å². The maximum absolute atomic E-state index is 17.3. The van der Waals surface area contributed by atoms with Gasteiger partial charge < -0.3 is 19.7 Å². The number of alkyl halides is 3. The number of amides is 1. The number of carbonyl (C=O) groups excluding carboxylic acids is 1. The molecule has 3 aromatic heterocycles. The molecule has 5 aromatic rings. The lowest BCUT2D eigenvalue weighted by Gasteiger charge is -2.40. The van der Waals surface area contributed by atoms with Crippen molar-refractivity contribution in [1.29, 1.82) is 5.26 Å². The lowest BCUT2D eigenvalue weighted by atomic mass is 9.79. The summed E-state index contributed by atoms with van der Waals surface area (Å²) in [5, 5.41) is 15.1. The van der Waals surface area contributed by atoms with Crippen LogP contribution in [0.5, 0.6) is 0 Å². The number of likely N-dealkylation sites (tertiary alicyclic amines) is 1. The maximum atomic E-state index is 17.3. The topological polar surface area (TPSA) is 103 Å². The Bertz CT molecular complexity index is 2550. The van der Waals surface area contributed by atoms with E-state index in [4.69, 9.17) is 28.2 Å². The van der Waals surface area contributed by atoms with Crippen LogP contribution in [0.2, 0.25) is 10.0 Å². The second kappa shape index (κ2) is 13.0. The number of pyridine rings is 1. The Morgan fingerprint density at radius 2 is 1.91 bits per heavy atom. The Labute approximate surface area is 336 Å². The molecule has 6 aliphatic rings. The standard InChI is InChI=1S/C42H38Cl2F4N8O/c1-20-26-14-30(38-23-11-24(55(38)40(57)42(48)8-9-42)18-54(17-23)32-15-31(41(2,46)47)51-19-52-32)56(37-22-13-29(37)50-16-22)39(26)27-12-21(5-4-10-49)33(35(45)36(27)53-20)25-6-3-7-28(43)34(25)44/h3,6-7,12,14-15,19,22-24,29,37-38,50H,4-5,8-9,11,13,16-18H2,1-2H3. The van der Waals surface area contributed by atoms with Crippen molar-refractivity contribution >= 4 is 56.7 Å². The van der Waals surface area contributed by atoms with Gasteiger partial charge in [0, 0.05) is 84.3 Å². The number of nitriles is 1. The van der Waals surface area contributed by atoms with Crippen LogP contribution in [0.4, 0.5) is 23.4 Å². The first-order valence-electron chi connectivity index (χ1n) is 19.5. The number of piperidine rings is 1. The molecule has 0 spiro atoms. The van der Waals surface area contributed by atoms with Gasteiger partial charge in [0.05, 0.1) is 39.8 Å². The molecule has 57 heavy (non-hydrogen) atoms. The minimum atomic E-state index is -3.18. The minimum Gasteiger partial charge on any atom is -0.354 e. The number of benzene rings is 2. The number of carbonyl (C=O) groups is 1. The second-order valence-corrected chi connectivity index (χ2v) is 17.4. The zero-order valence-corrected chi connectivity index (χ0v) is 32.7. The number of hydrogen-bond donors (Lipinski definition) is 1. The molecule has 4 bridgehead atoms. The Balaban J connectivity index is 1.20. The summed E-state index contributed by atoms with van der Waals surface area (Å²) in [4.78, 5) is 31.1. The molecule has 2 aromatic carbocycles. The summed E-state index contributed by atoms with van der Waals surface area (Å²) in [6.07, 6.45) is 3.36. The molecule has 6 fully saturated rings. The number of aryl methyl sites for hydroxylation is 2. The summed E-state index contributed by atoms with van der Waals surface area (Å²) >= 11 is 13.1. The Kier molecular flexibility index (Phi) is 8.39. The van der Waals surface area contributed by atoms with Gasteiger partial charge in [0.15, 0.2) is 11.5 Å². The van der Waals surface area contributed by atoms with Gasteiger partial charge in [0.2, 0.25) is 0 Å². The number of nitrogens with zero attached hydrogens (tertiary/aromatic N) is 7. The number of fused-ring (bicyclic) bond motifs is 6. The molecule has 6 unspecified atom stereocenters. The van der Waals surface area contributed by atoms with Gasteiger partial charge in [0.25, 0.3) is 11.8 Å². The third-order valence-electron chi connectivity index (χ3n) is 13.1. The highest BCUT2D eigenvalue weighted by Crippen LogP contribution is 2.55. The highest BCUT2D eigenvalue weighted by atomic mass is 35.5. The molecule has 11 rings (SSSR count). The first-order valence-corrected chi connectivity index (χ1v) is 20.2. The summed E-state index contributed by atoms with van der Waals surface area (Å²) in [6, 6.07) is 11.6. The second-order valence-electron chi connectivity index (χ2n) is 16.6. The molecular formula is C42H38Cl2F4N8O. The Morgan fingerprint density at radius 3 is 2.61 bits per heavy atom. The largest absolute Gasteiger partial charge is 0.354 e. The zero-order valence-electron chi connectivity index (χ0n) is 31.2. The highest BCUT2D eigenvalue weighted by molar-refractivity contribution is 6.43. The van der Waals surface area contributed by atoms with Crippen molar-refractivity contribution in [3.05, 3.63) is 81.2 Å². The lowest BCUT2D eigenvalue weighted by Crippen LogP contribution is -2.48. The van der Waals surface area contributed by atoms with Crippen LogP contribution in [0.25, 0.3) is 32.9 Å². The first-order chi connectivity index (χ1) is 27.3. The van der Waals surface area contributed by atoms with Crippen molar-refractivity contribution in [2.45, 2.75) is 88.1 Å². The van der Waals surface area contributed by atoms with Crippen molar-refractivity contribution in [3.8, 4) is 17.2 Å². The van der Waals surface area contributed by atoms with Crippen LogP contribution in [-0.2, 0) is 17.1 Å². The van der Waals surface area contributed by atoms with Crippen molar-refractivity contribution in [3.63, 3.8) is 0 Å². The van der Waals surface area contributed by atoms with Crippen molar-refractivity contribution in [2.24, 2.45) is 11.8 Å². The van der Waals surface area contributed by atoms with Gasteiger partial charge in [-0.05, 0) is 68.7 Å². The molecule has 1 amide bonds. The molecule has 6 atom stereocenters. The smallest absolute Gasteiger partial charge is 0.287 e. The van der Waals surface area contributed by atoms with E-state index in [0.717, 1.165) is 42.8 Å². The van der Waals surface area contributed by atoms with Gasteiger partial charge in [-0.25, -0.2) is 23.7 Å². The molecular weight excluding hydrogens is 779 g/mol. The highest BCUT2D eigenvalue weighted by Gasteiger charge is 2.60. The third kappa shape index (κ3) is 5.64. The normalized spacial score (nSPS) is 25.9. The van der Waals surface area contributed by atoms with Crippen LogP contribution < -0.4 is 10.2 Å². The van der Waals surface area contributed by atoms with Crippen LogP contribution in [0.1, 0.15) is 73.8 Å². The number of rotatable bonds is 8. The van der Waals surface area contributed by atoms with E-state index in [-0.39, 0.29) is 70.7 Å². The van der Waals surface area contributed by atoms with Crippen molar-refractivity contribution in [2.75, 3.05) is 24.5 Å². The SMILES string of the molecule is Cc1nc2c(F)c(-c3cccc(Cl)c3Cl)c(CCC#N)cc2c2c1cc(C1C3CC(CN(c4cc(C(C)(F)F)ncn4)C3)N1C(=O)C1(F)CC1)n2C1C2CNC1C2. The quantitative estimate of drug-likeness (QED) is 0.156. The van der Waals surface area contributed by atoms with E-state index in [1.165, 1.54) is 6.07 Å². The lowest BCUT2D eigenvalue weighted by molar-refractivity contribution is -0.141. The van der Waals surface area contributed by atoms with Gasteiger partial charge in [-0.1, -0.05) is 35.3 Å². The van der Waals surface area contributed by atoms with Gasteiger partial charge in [0.1, 0.15) is 23.4 Å². The van der Waals surface area contributed by atoms with E-state index < -0.39 is 41.1 Å². The van der Waals surface area contributed by atoms with E-state index in [1.807, 2.05) is 17.9 Å². The molecule has 15 heteroatoms. The molecule has 2 aliphatic carbocycles. The number of aromatic nitrogens is 4. The fraction of sp³-hybridized carbons (Fsp3) is 0.452. The third-order valence-corrected chi connectivity index (χ3v) is 13.9. The molecule has 7 heterocycles. The predicted octanol–water partition coefficient (Wildman–Crippen LogP) is 8.78. The Morgan fingerprint density at radius 1 is 1.11 bits per heavy atom. The van der Waals surface area contributed by atoms with E-state index in [1.54, 1.807) is 23.1 Å². The van der Waals surface area contributed by atoms with E-state index >= 15 is 8.78 Å². The minimum absolute atomic E-state index is 0.0276. The van der Waals surface area contributed by atoms with Crippen LogP contribution >= 0.6 is 23.2 Å². The Hall–Kier alpha value is -4.51. The zero-order chi connectivity index (χ0) is 39.7. The van der Waals surface area contributed by atoms with E-state index in [2.05, 4.69) is 32.0 Å². The average molecular weight is 818 g/mol. The molecule has 4 saturated heterocycles. The van der Waals surface area contributed by atoms with Crippen molar-refractivity contribution in [1.82, 2.24) is 29.7 Å². The summed E-state index contributed by atoms with van der Waals surface area (Å²) in [7, 11) is 0. The average Bonchev–Trinajstić information content (AvgIpc) is 3.53. The fourth-order valence-electron chi connectivity index (χ4n) is 10.2. The molecule has 2 saturated carbocycles. The van der Waals surface area contributed by atoms with Crippen LogP contribution in [0.15, 0.2) is 42.7 Å². The molecule has 4 aliphatic heterocycles. The van der Waals surface area contributed by atoms with Gasteiger partial charge in [-0.3, -0.25) is 4.79 Å². The van der Waals surface area contributed by atoms with Crippen LogP contribution in [-0.4, -0.2) is 67.7 Å². The van der Waals surface area contributed by atoms with E-state index in [0.29, 0.717) is 47.5 Å². The van der Waals surface area contributed by atoms with Gasteiger partial charge >= 0.3 is 0 Å². The first kappa shape index (κ1) is 36.8. The summed E-state index contributed by atoms with van der Waals surface area (Å²) < 4.78 is 64.5. The summed E-state index contributed by atoms with van der Waals surface area (Å²) in [5.41, 5.74) is 1.20. The molecule has 294 valence electrons. The molecule has 9 nitrogen and oxygen atoms in total.